The summed E-state index contributed by atoms with van der Waals surface area (Å²) in [5.74, 6) is -0.554. The first-order valence-electron chi connectivity index (χ1n) is 12.7. The lowest BCUT2D eigenvalue weighted by Crippen LogP contribution is -2.45. The summed E-state index contributed by atoms with van der Waals surface area (Å²) in [6.45, 7) is 12.6. The molecule has 0 fully saturated rings. The SMILES string of the molecule is CC(C)COc1c(Br)cc(C2C3=C(CC(C)(C)CC3=O)N(CC(=O)O)C3=C2C(=O)CC(C)(C)C3)cc1Br. The number of carboxylic acid groups (broad SMARTS) is 1. The average Bonchev–Trinajstić information content (AvgIpc) is 2.71. The van der Waals surface area contributed by atoms with Crippen molar-refractivity contribution in [2.24, 2.45) is 16.7 Å². The van der Waals surface area contributed by atoms with Crippen molar-refractivity contribution in [1.29, 1.82) is 0 Å². The summed E-state index contributed by atoms with van der Waals surface area (Å²) in [6, 6.07) is 3.88. The van der Waals surface area contributed by atoms with Crippen LogP contribution in [-0.4, -0.2) is 40.7 Å². The number of nitrogens with zero attached hydrogens (tertiary/aromatic N) is 1. The van der Waals surface area contributed by atoms with Gasteiger partial charge in [-0.1, -0.05) is 41.5 Å². The Morgan fingerprint density at radius 1 is 0.973 bits per heavy atom. The van der Waals surface area contributed by atoms with Gasteiger partial charge in [0.15, 0.2) is 11.6 Å². The summed E-state index contributed by atoms with van der Waals surface area (Å²) < 4.78 is 7.49. The fraction of sp³-hybridized carbons (Fsp3) is 0.552. The molecule has 1 aromatic carbocycles. The Morgan fingerprint density at radius 3 is 1.84 bits per heavy atom. The van der Waals surface area contributed by atoms with E-state index in [1.54, 1.807) is 4.90 Å². The first-order chi connectivity index (χ1) is 17.1. The number of carbonyl (C=O) groups excluding carboxylic acids is 2. The average molecular weight is 637 g/mol. The van der Waals surface area contributed by atoms with Crippen molar-refractivity contribution in [3.05, 3.63) is 49.2 Å². The van der Waals surface area contributed by atoms with Crippen LogP contribution in [0.3, 0.4) is 0 Å². The van der Waals surface area contributed by atoms with Gasteiger partial charge in [0.05, 0.1) is 15.6 Å². The fourth-order valence-corrected chi connectivity index (χ4v) is 7.29. The van der Waals surface area contributed by atoms with Crippen LogP contribution in [0, 0.1) is 16.7 Å². The zero-order chi connectivity index (χ0) is 27.4. The monoisotopic (exact) mass is 635 g/mol. The molecule has 2 aliphatic carbocycles. The molecule has 0 radical (unpaired) electrons. The zero-order valence-electron chi connectivity index (χ0n) is 22.3. The maximum Gasteiger partial charge on any atom is 0.323 e. The smallest absolute Gasteiger partial charge is 0.323 e. The summed E-state index contributed by atoms with van der Waals surface area (Å²) in [7, 11) is 0. The third-order valence-corrected chi connectivity index (χ3v) is 8.41. The van der Waals surface area contributed by atoms with E-state index in [0.29, 0.717) is 55.1 Å². The third kappa shape index (κ3) is 5.60. The molecule has 37 heavy (non-hydrogen) atoms. The van der Waals surface area contributed by atoms with E-state index < -0.39 is 11.9 Å². The number of carbonyl (C=O) groups is 3. The lowest BCUT2D eigenvalue weighted by atomic mass is 9.63. The van der Waals surface area contributed by atoms with E-state index >= 15 is 0 Å². The number of allylic oxidation sites excluding steroid dienone is 4. The van der Waals surface area contributed by atoms with Crippen LogP contribution in [0.5, 0.6) is 5.75 Å². The minimum absolute atomic E-state index is 0.0248. The minimum Gasteiger partial charge on any atom is -0.491 e. The summed E-state index contributed by atoms with van der Waals surface area (Å²) in [5, 5.41) is 9.83. The second kappa shape index (κ2) is 9.99. The number of carboxylic acids is 1. The molecular weight excluding hydrogens is 602 g/mol. The highest BCUT2D eigenvalue weighted by Crippen LogP contribution is 2.55. The molecule has 6 nitrogen and oxygen atoms in total. The molecule has 0 saturated heterocycles. The highest BCUT2D eigenvalue weighted by atomic mass is 79.9. The molecule has 1 N–H and O–H groups in total. The molecule has 8 heteroatoms. The van der Waals surface area contributed by atoms with Crippen LogP contribution in [0.25, 0.3) is 0 Å². The Labute approximate surface area is 235 Å². The van der Waals surface area contributed by atoms with Crippen molar-refractivity contribution in [2.45, 2.75) is 73.1 Å². The normalized spacial score (nSPS) is 21.4. The van der Waals surface area contributed by atoms with Crippen LogP contribution in [0.2, 0.25) is 0 Å². The quantitative estimate of drug-likeness (QED) is 0.361. The number of halogens is 2. The van der Waals surface area contributed by atoms with Gasteiger partial charge < -0.3 is 14.7 Å². The van der Waals surface area contributed by atoms with Crippen molar-refractivity contribution >= 4 is 49.4 Å². The maximum atomic E-state index is 13.8. The van der Waals surface area contributed by atoms with E-state index in [2.05, 4.69) is 45.7 Å². The van der Waals surface area contributed by atoms with Crippen LogP contribution in [0.1, 0.15) is 78.7 Å². The lowest BCUT2D eigenvalue weighted by molar-refractivity contribution is -0.138. The predicted molar refractivity (Wildman–Crippen MR) is 149 cm³/mol. The second-order valence-electron chi connectivity index (χ2n) is 12.5. The van der Waals surface area contributed by atoms with Gasteiger partial charge in [-0.05, 0) is 79.1 Å². The molecule has 3 aliphatic rings. The van der Waals surface area contributed by atoms with Gasteiger partial charge in [-0.25, -0.2) is 0 Å². The molecular formula is C29H35Br2NO5. The molecule has 4 rings (SSSR count). The fourth-order valence-electron chi connectivity index (χ4n) is 5.84. The van der Waals surface area contributed by atoms with E-state index in [0.717, 1.165) is 25.9 Å². The van der Waals surface area contributed by atoms with Crippen molar-refractivity contribution in [3.63, 3.8) is 0 Å². The summed E-state index contributed by atoms with van der Waals surface area (Å²) in [6.07, 6.45) is 1.84. The maximum absolute atomic E-state index is 13.8. The molecule has 0 atom stereocenters. The Balaban J connectivity index is 1.96. The molecule has 1 heterocycles. The lowest BCUT2D eigenvalue weighted by Gasteiger charge is -2.48. The zero-order valence-corrected chi connectivity index (χ0v) is 25.5. The van der Waals surface area contributed by atoms with E-state index in [-0.39, 0.29) is 28.9 Å². The van der Waals surface area contributed by atoms with Gasteiger partial charge in [-0.3, -0.25) is 14.4 Å². The van der Waals surface area contributed by atoms with Gasteiger partial charge in [0.25, 0.3) is 0 Å². The molecule has 0 amide bonds. The topological polar surface area (TPSA) is 83.9 Å². The van der Waals surface area contributed by atoms with E-state index in [4.69, 9.17) is 4.74 Å². The largest absolute Gasteiger partial charge is 0.491 e. The standard InChI is InChI=1S/C29H35Br2NO5/c1-15(2)14-37-27-17(30)7-16(8-18(27)31)24-25-19(9-28(3,4)11-21(25)33)32(13-23(35)36)20-10-29(5,6)12-22(34)26(20)24/h7-8,15,24H,9-14H2,1-6H3,(H,35,36). The molecule has 0 bridgehead atoms. The van der Waals surface area contributed by atoms with Crippen molar-refractivity contribution in [1.82, 2.24) is 4.90 Å². The van der Waals surface area contributed by atoms with Gasteiger partial charge in [-0.2, -0.15) is 0 Å². The summed E-state index contributed by atoms with van der Waals surface area (Å²) >= 11 is 7.31. The number of hydrogen-bond acceptors (Lipinski definition) is 5. The Hall–Kier alpha value is -1.93. The molecule has 200 valence electrons. The highest BCUT2D eigenvalue weighted by Gasteiger charge is 2.49. The highest BCUT2D eigenvalue weighted by molar-refractivity contribution is 9.11. The molecule has 0 aromatic heterocycles. The Morgan fingerprint density at radius 2 is 1.43 bits per heavy atom. The molecule has 0 spiro atoms. The Bertz CT molecular complexity index is 1160. The summed E-state index contributed by atoms with van der Waals surface area (Å²) in [5.41, 5.74) is 2.80. The van der Waals surface area contributed by atoms with Gasteiger partial charge in [-0.15, -0.1) is 0 Å². The van der Waals surface area contributed by atoms with Crippen LogP contribution in [-0.2, 0) is 14.4 Å². The minimum atomic E-state index is -0.985. The van der Waals surface area contributed by atoms with E-state index in [1.807, 2.05) is 39.8 Å². The molecule has 1 aliphatic heterocycles. The van der Waals surface area contributed by atoms with Crippen LogP contribution < -0.4 is 4.74 Å². The molecule has 0 unspecified atom stereocenters. The van der Waals surface area contributed by atoms with Crippen molar-refractivity contribution in [2.75, 3.05) is 13.2 Å². The number of aliphatic carboxylic acids is 1. The second-order valence-corrected chi connectivity index (χ2v) is 14.2. The molecule has 1 aromatic rings. The predicted octanol–water partition coefficient (Wildman–Crippen LogP) is 7.02. The van der Waals surface area contributed by atoms with E-state index in [1.165, 1.54) is 0 Å². The number of rotatable bonds is 6. The van der Waals surface area contributed by atoms with Gasteiger partial charge >= 0.3 is 5.97 Å². The third-order valence-electron chi connectivity index (χ3n) is 7.23. The first-order valence-corrected chi connectivity index (χ1v) is 14.3. The number of hydrogen-bond donors (Lipinski definition) is 1. The Kier molecular flexibility index (Phi) is 7.58. The first kappa shape index (κ1) is 28.1. The van der Waals surface area contributed by atoms with Crippen LogP contribution in [0.15, 0.2) is 43.6 Å². The molecule has 0 saturated carbocycles. The van der Waals surface area contributed by atoms with Gasteiger partial charge in [0.1, 0.15) is 12.3 Å². The number of ether oxygens (including phenoxy) is 1. The summed E-state index contributed by atoms with van der Waals surface area (Å²) in [4.78, 5) is 41.3. The van der Waals surface area contributed by atoms with E-state index in [9.17, 15) is 19.5 Å². The number of ketones is 2. The van der Waals surface area contributed by atoms with Crippen LogP contribution >= 0.6 is 31.9 Å². The van der Waals surface area contributed by atoms with Gasteiger partial charge in [0.2, 0.25) is 0 Å². The van der Waals surface area contributed by atoms with Crippen molar-refractivity contribution in [3.8, 4) is 5.75 Å². The van der Waals surface area contributed by atoms with Gasteiger partial charge in [0, 0.05) is 41.3 Å². The number of benzene rings is 1. The van der Waals surface area contributed by atoms with Crippen molar-refractivity contribution < 1.29 is 24.2 Å². The van der Waals surface area contributed by atoms with Crippen LogP contribution in [0.4, 0.5) is 0 Å². The number of Topliss-reactive ketones (excluding diaryl/α,β-unsaturated/α-hetero) is 2.